The molecular weight excluding hydrogens is 454 g/mol. The summed E-state index contributed by atoms with van der Waals surface area (Å²) in [5.41, 5.74) is 6.98. The second kappa shape index (κ2) is 10.5. The van der Waals surface area contributed by atoms with Gasteiger partial charge in [-0.1, -0.05) is 59.8 Å². The summed E-state index contributed by atoms with van der Waals surface area (Å²) in [6.45, 7) is 3.14. The lowest BCUT2D eigenvalue weighted by Crippen LogP contribution is -2.23. The zero-order chi connectivity index (χ0) is 24.0. The Morgan fingerprint density at radius 2 is 1.74 bits per heavy atom. The largest absolute Gasteiger partial charge is 0.346 e. The van der Waals surface area contributed by atoms with E-state index < -0.39 is 0 Å². The maximum absolute atomic E-state index is 12.6. The van der Waals surface area contributed by atoms with Crippen molar-refractivity contribution in [3.8, 4) is 0 Å². The fraction of sp³-hybridized carbons (Fsp3) is 0.143. The van der Waals surface area contributed by atoms with E-state index in [1.54, 1.807) is 24.2 Å². The van der Waals surface area contributed by atoms with Gasteiger partial charge in [0.15, 0.2) is 5.16 Å². The van der Waals surface area contributed by atoms with Crippen LogP contribution in [0.3, 0.4) is 0 Å². The van der Waals surface area contributed by atoms with Gasteiger partial charge in [-0.15, -0.1) is 0 Å². The molecule has 5 aromatic rings. The molecule has 0 aliphatic carbocycles. The molecule has 0 fully saturated rings. The van der Waals surface area contributed by atoms with Gasteiger partial charge in [0, 0.05) is 23.7 Å². The summed E-state index contributed by atoms with van der Waals surface area (Å²) < 4.78 is 2.19. The van der Waals surface area contributed by atoms with Gasteiger partial charge in [0.05, 0.1) is 36.0 Å². The molecule has 3 aromatic heterocycles. The number of fused-ring (bicyclic) bond motifs is 1. The van der Waals surface area contributed by atoms with Crippen LogP contribution in [-0.4, -0.2) is 25.4 Å². The van der Waals surface area contributed by atoms with Gasteiger partial charge in [-0.25, -0.2) is 4.98 Å². The Labute approximate surface area is 208 Å². The van der Waals surface area contributed by atoms with Crippen LogP contribution in [0.5, 0.6) is 0 Å². The molecule has 0 saturated carbocycles. The summed E-state index contributed by atoms with van der Waals surface area (Å²) in [4.78, 5) is 26.0. The van der Waals surface area contributed by atoms with E-state index in [0.717, 1.165) is 33.2 Å². The minimum absolute atomic E-state index is 0.117. The number of hydrogen-bond acceptors (Lipinski definition) is 5. The summed E-state index contributed by atoms with van der Waals surface area (Å²) in [6, 6.07) is 23.9. The second-order valence-corrected chi connectivity index (χ2v) is 9.26. The normalized spacial score (nSPS) is 11.0. The first-order valence-corrected chi connectivity index (χ1v) is 12.4. The lowest BCUT2D eigenvalue weighted by Gasteiger charge is -2.10. The first-order valence-electron chi connectivity index (χ1n) is 11.4. The third-order valence-electron chi connectivity index (χ3n) is 5.72. The topological polar surface area (TPSA) is 72.7 Å². The standard InChI is InChI=1S/C28H25N5OS/c1-20-5-7-22(8-6-20)19-35-28-32-25-13-15-29-17-26(25)33(28)18-21-9-11-23(12-10-21)27(34)31-16-24-4-2-3-14-30-24/h2-15,17H,16,18-19H2,1H3,(H,31,34). The second-order valence-electron chi connectivity index (χ2n) is 8.32. The molecule has 2 aromatic carbocycles. The van der Waals surface area contributed by atoms with Crippen molar-refractivity contribution in [2.75, 3.05) is 0 Å². The monoisotopic (exact) mass is 479 g/mol. The average molecular weight is 480 g/mol. The van der Waals surface area contributed by atoms with Crippen LogP contribution in [0.4, 0.5) is 0 Å². The van der Waals surface area contributed by atoms with E-state index in [1.165, 1.54) is 11.1 Å². The minimum Gasteiger partial charge on any atom is -0.346 e. The predicted molar refractivity (Wildman–Crippen MR) is 139 cm³/mol. The van der Waals surface area contributed by atoms with Crippen LogP contribution in [0.15, 0.2) is 96.5 Å². The number of imidazole rings is 1. The highest BCUT2D eigenvalue weighted by Gasteiger charge is 2.13. The van der Waals surface area contributed by atoms with Crippen molar-refractivity contribution in [2.45, 2.75) is 30.9 Å². The third-order valence-corrected chi connectivity index (χ3v) is 6.76. The first-order chi connectivity index (χ1) is 17.2. The number of nitrogens with one attached hydrogen (secondary N) is 1. The Kier molecular flexibility index (Phi) is 6.86. The highest BCUT2D eigenvalue weighted by Crippen LogP contribution is 2.27. The molecule has 0 radical (unpaired) electrons. The molecule has 0 spiro atoms. The molecular formula is C28H25N5OS. The van der Waals surface area contributed by atoms with Crippen LogP contribution in [-0.2, 0) is 18.8 Å². The van der Waals surface area contributed by atoms with E-state index >= 15 is 0 Å². The van der Waals surface area contributed by atoms with Gasteiger partial charge in [-0.05, 0) is 48.4 Å². The van der Waals surface area contributed by atoms with E-state index in [4.69, 9.17) is 4.98 Å². The number of carbonyl (C=O) groups is 1. The zero-order valence-electron chi connectivity index (χ0n) is 19.4. The number of thioether (sulfide) groups is 1. The van der Waals surface area contributed by atoms with Gasteiger partial charge in [-0.3, -0.25) is 14.8 Å². The van der Waals surface area contributed by atoms with Crippen LogP contribution in [0.25, 0.3) is 11.0 Å². The Bertz CT molecular complexity index is 1430. The number of carbonyl (C=O) groups excluding carboxylic acids is 1. The third kappa shape index (κ3) is 5.58. The molecule has 174 valence electrons. The van der Waals surface area contributed by atoms with Crippen LogP contribution < -0.4 is 5.32 Å². The summed E-state index contributed by atoms with van der Waals surface area (Å²) >= 11 is 1.72. The molecule has 0 aliphatic heterocycles. The molecule has 1 amide bonds. The number of hydrogen-bond donors (Lipinski definition) is 1. The summed E-state index contributed by atoms with van der Waals surface area (Å²) in [6.07, 6.45) is 5.35. The Morgan fingerprint density at radius 1 is 0.943 bits per heavy atom. The van der Waals surface area contributed by atoms with Gasteiger partial charge >= 0.3 is 0 Å². The molecule has 0 aliphatic rings. The maximum Gasteiger partial charge on any atom is 0.251 e. The molecule has 35 heavy (non-hydrogen) atoms. The number of pyridine rings is 2. The van der Waals surface area contributed by atoms with Crippen LogP contribution in [0.1, 0.15) is 32.7 Å². The number of aromatic nitrogens is 4. The fourth-order valence-electron chi connectivity index (χ4n) is 3.76. The summed E-state index contributed by atoms with van der Waals surface area (Å²) in [5, 5.41) is 3.87. The smallest absolute Gasteiger partial charge is 0.251 e. The van der Waals surface area contributed by atoms with Crippen molar-refractivity contribution < 1.29 is 4.79 Å². The molecule has 0 unspecified atom stereocenters. The summed E-state index contributed by atoms with van der Waals surface area (Å²) in [7, 11) is 0. The van der Waals surface area contributed by atoms with Gasteiger partial charge in [0.25, 0.3) is 5.91 Å². The van der Waals surface area contributed by atoms with Gasteiger partial charge in [-0.2, -0.15) is 0 Å². The number of nitrogens with zero attached hydrogens (tertiary/aromatic N) is 4. The minimum atomic E-state index is -0.117. The predicted octanol–water partition coefficient (Wildman–Crippen LogP) is 5.41. The lowest BCUT2D eigenvalue weighted by molar-refractivity contribution is 0.0950. The van der Waals surface area contributed by atoms with Crippen LogP contribution >= 0.6 is 11.8 Å². The summed E-state index contributed by atoms with van der Waals surface area (Å²) in [5.74, 6) is 0.723. The zero-order valence-corrected chi connectivity index (χ0v) is 20.2. The van der Waals surface area contributed by atoms with Crippen molar-refractivity contribution in [3.05, 3.63) is 119 Å². The molecule has 1 N–H and O–H groups in total. The molecule has 7 heteroatoms. The van der Waals surface area contributed by atoms with Crippen LogP contribution in [0.2, 0.25) is 0 Å². The molecule has 6 nitrogen and oxygen atoms in total. The van der Waals surface area contributed by atoms with Gasteiger partial charge < -0.3 is 9.88 Å². The van der Waals surface area contributed by atoms with E-state index in [9.17, 15) is 4.79 Å². The van der Waals surface area contributed by atoms with Crippen molar-refractivity contribution in [1.29, 1.82) is 0 Å². The molecule has 5 rings (SSSR count). The van der Waals surface area contributed by atoms with E-state index in [-0.39, 0.29) is 5.91 Å². The number of benzene rings is 2. The Hall–Kier alpha value is -3.97. The first kappa shape index (κ1) is 22.8. The quantitative estimate of drug-likeness (QED) is 0.302. The van der Waals surface area contributed by atoms with Crippen molar-refractivity contribution in [1.82, 2.24) is 24.8 Å². The van der Waals surface area contributed by atoms with Crippen molar-refractivity contribution in [2.24, 2.45) is 0 Å². The number of amides is 1. The van der Waals surface area contributed by atoms with Gasteiger partial charge in [0.1, 0.15) is 0 Å². The highest BCUT2D eigenvalue weighted by atomic mass is 32.2. The highest BCUT2D eigenvalue weighted by molar-refractivity contribution is 7.98. The average Bonchev–Trinajstić information content (AvgIpc) is 3.25. The molecule has 3 heterocycles. The van der Waals surface area contributed by atoms with E-state index in [0.29, 0.717) is 18.7 Å². The van der Waals surface area contributed by atoms with Crippen molar-refractivity contribution >= 4 is 28.7 Å². The Morgan fingerprint density at radius 3 is 2.51 bits per heavy atom. The SMILES string of the molecule is Cc1ccc(CSc2nc3ccncc3n2Cc2ccc(C(=O)NCc3ccccn3)cc2)cc1. The van der Waals surface area contributed by atoms with E-state index in [1.807, 2.05) is 54.7 Å². The molecule has 0 atom stereocenters. The van der Waals surface area contributed by atoms with Gasteiger partial charge in [0.2, 0.25) is 0 Å². The van der Waals surface area contributed by atoms with Crippen LogP contribution in [0, 0.1) is 6.92 Å². The fourth-order valence-corrected chi connectivity index (χ4v) is 4.73. The lowest BCUT2D eigenvalue weighted by atomic mass is 10.1. The van der Waals surface area contributed by atoms with E-state index in [2.05, 4.69) is 51.0 Å². The Balaban J connectivity index is 1.30. The number of aryl methyl sites for hydroxylation is 1. The molecule has 0 saturated heterocycles. The number of rotatable bonds is 8. The van der Waals surface area contributed by atoms with Crippen molar-refractivity contribution in [3.63, 3.8) is 0 Å². The maximum atomic E-state index is 12.6. The molecule has 0 bridgehead atoms.